The van der Waals surface area contributed by atoms with Gasteiger partial charge in [0.25, 0.3) is 0 Å². The molecule has 0 saturated carbocycles. The maximum atomic E-state index is 13.5. The molecular formula is C23H18Cl3O6P. The van der Waals surface area contributed by atoms with Crippen LogP contribution in [0.1, 0.15) is 26.3 Å². The van der Waals surface area contributed by atoms with E-state index in [1.807, 2.05) is 0 Å². The normalized spacial score (nSPS) is 11.6. The molecule has 3 rings (SSSR count). The molecule has 172 valence electrons. The van der Waals surface area contributed by atoms with Gasteiger partial charge in [0, 0.05) is 17.7 Å². The molecule has 0 amide bonds. The smallest absolute Gasteiger partial charge is 0.230 e. The summed E-state index contributed by atoms with van der Waals surface area (Å²) < 4.78 is 29.2. The summed E-state index contributed by atoms with van der Waals surface area (Å²) in [4.78, 5) is 26.4. The van der Waals surface area contributed by atoms with Crippen LogP contribution in [-0.4, -0.2) is 32.6 Å². The van der Waals surface area contributed by atoms with Gasteiger partial charge >= 0.3 is 0 Å². The summed E-state index contributed by atoms with van der Waals surface area (Å²) in [5, 5.41) is -0.537. The summed E-state index contributed by atoms with van der Waals surface area (Å²) in [6, 6.07) is 12.5. The number of carbonyl (C=O) groups is 2. The lowest BCUT2D eigenvalue weighted by molar-refractivity contribution is 0.103. The Kier molecular flexibility index (Phi) is 8.09. The van der Waals surface area contributed by atoms with E-state index in [0.717, 1.165) is 0 Å². The van der Waals surface area contributed by atoms with E-state index in [1.54, 1.807) is 30.3 Å². The van der Waals surface area contributed by atoms with Gasteiger partial charge in [-0.05, 0) is 6.07 Å². The lowest BCUT2D eigenvalue weighted by atomic mass is 10.0. The van der Waals surface area contributed by atoms with Crippen molar-refractivity contribution in [2.45, 2.75) is 0 Å². The minimum absolute atomic E-state index is 0.0236. The monoisotopic (exact) mass is 526 g/mol. The van der Waals surface area contributed by atoms with Crippen molar-refractivity contribution < 1.29 is 28.4 Å². The van der Waals surface area contributed by atoms with Gasteiger partial charge in [-0.3, -0.25) is 9.59 Å². The number of ketones is 1. The average molecular weight is 528 g/mol. The minimum Gasteiger partial charge on any atom is -0.496 e. The van der Waals surface area contributed by atoms with E-state index < -0.39 is 19.1 Å². The summed E-state index contributed by atoms with van der Waals surface area (Å²) in [5.41, 5.74) is -0.661. The Labute approximate surface area is 206 Å². The molecule has 0 aliphatic rings. The summed E-state index contributed by atoms with van der Waals surface area (Å²) in [6.45, 7) is 0. The fraction of sp³-hybridized carbons (Fsp3) is 0.130. The van der Waals surface area contributed by atoms with Crippen molar-refractivity contribution in [1.82, 2.24) is 0 Å². The summed E-state index contributed by atoms with van der Waals surface area (Å²) in [7, 11) is 0.780. The Hall–Kier alpha value is -2.50. The van der Waals surface area contributed by atoms with E-state index >= 15 is 0 Å². The maximum absolute atomic E-state index is 13.5. The zero-order valence-electron chi connectivity index (χ0n) is 17.7. The number of halogens is 3. The molecular weight excluding hydrogens is 510 g/mol. The number of hydrogen-bond donors (Lipinski definition) is 0. The highest BCUT2D eigenvalue weighted by molar-refractivity contribution is 7.72. The van der Waals surface area contributed by atoms with Crippen LogP contribution in [0.5, 0.6) is 17.2 Å². The highest BCUT2D eigenvalue weighted by atomic mass is 35.5. The topological polar surface area (TPSA) is 78.9 Å². The highest BCUT2D eigenvalue weighted by Crippen LogP contribution is 2.43. The lowest BCUT2D eigenvalue weighted by Gasteiger charge is -2.16. The molecule has 0 aromatic heterocycles. The number of rotatable bonds is 8. The first-order valence-electron chi connectivity index (χ1n) is 9.41. The number of methoxy groups -OCH3 is 3. The van der Waals surface area contributed by atoms with E-state index in [1.165, 1.54) is 39.5 Å². The van der Waals surface area contributed by atoms with Gasteiger partial charge in [0.1, 0.15) is 22.8 Å². The van der Waals surface area contributed by atoms with E-state index in [0.29, 0.717) is 11.3 Å². The molecule has 0 aliphatic carbocycles. The minimum atomic E-state index is -3.36. The highest BCUT2D eigenvalue weighted by Gasteiger charge is 2.31. The van der Waals surface area contributed by atoms with Crippen LogP contribution in [-0.2, 0) is 4.57 Å². The molecule has 0 fully saturated rings. The van der Waals surface area contributed by atoms with Crippen LogP contribution in [0.3, 0.4) is 0 Å². The second-order valence-corrected chi connectivity index (χ2v) is 9.47. The third-order valence-electron chi connectivity index (χ3n) is 4.81. The van der Waals surface area contributed by atoms with Crippen LogP contribution in [0.15, 0.2) is 48.5 Å². The molecule has 10 heteroatoms. The molecule has 1 atom stereocenters. The molecule has 0 aliphatic heterocycles. The van der Waals surface area contributed by atoms with Gasteiger partial charge in [-0.25, -0.2) is 0 Å². The van der Waals surface area contributed by atoms with Gasteiger partial charge < -0.3 is 18.8 Å². The summed E-state index contributed by atoms with van der Waals surface area (Å²) in [6.07, 6.45) is 0. The Morgan fingerprint density at radius 1 is 0.788 bits per heavy atom. The molecule has 0 bridgehead atoms. The molecule has 0 N–H and O–H groups in total. The number of carbonyl (C=O) groups excluding carboxylic acids is 2. The standard InChI is InChI=1S/C23H18Cl3O6P/c1-30-13-9-16(31-2)19(17(10-13)32-3)23(28)33(29)22-15(25)11-14(24)18(20(22)26)21(27)12-7-5-4-6-8-12/h4-11,33H,1-3H3. The molecule has 1 unspecified atom stereocenters. The second-order valence-electron chi connectivity index (χ2n) is 6.66. The largest absolute Gasteiger partial charge is 0.496 e. The SMILES string of the molecule is COc1cc(OC)c(C(=O)[PH](=O)c2c(Cl)cc(Cl)c(C(=O)c3ccccc3)c2Cl)c(OC)c1. The molecule has 0 radical (unpaired) electrons. The zero-order valence-corrected chi connectivity index (χ0v) is 21.0. The maximum Gasteiger partial charge on any atom is 0.230 e. The quantitative estimate of drug-likeness (QED) is 0.267. The van der Waals surface area contributed by atoms with Gasteiger partial charge in [0.05, 0.1) is 47.3 Å². The predicted octanol–water partition coefficient (Wildman–Crippen LogP) is 5.93. The van der Waals surface area contributed by atoms with Crippen LogP contribution in [0.25, 0.3) is 0 Å². The number of benzene rings is 3. The Balaban J connectivity index is 2.16. The van der Waals surface area contributed by atoms with Gasteiger partial charge in [0.2, 0.25) is 5.52 Å². The molecule has 0 spiro atoms. The first-order chi connectivity index (χ1) is 15.7. The van der Waals surface area contributed by atoms with Crippen molar-refractivity contribution in [2.24, 2.45) is 0 Å². The summed E-state index contributed by atoms with van der Waals surface area (Å²) >= 11 is 19.0. The fourth-order valence-electron chi connectivity index (χ4n) is 3.20. The van der Waals surface area contributed by atoms with Crippen LogP contribution in [0.2, 0.25) is 15.1 Å². The first-order valence-corrected chi connectivity index (χ1v) is 12.0. The van der Waals surface area contributed by atoms with Crippen LogP contribution >= 0.6 is 42.6 Å². The fourth-order valence-corrected chi connectivity index (χ4v) is 5.96. The van der Waals surface area contributed by atoms with Crippen LogP contribution in [0.4, 0.5) is 0 Å². The number of hydrogen-bond acceptors (Lipinski definition) is 6. The molecule has 3 aromatic rings. The van der Waals surface area contributed by atoms with Crippen molar-refractivity contribution >= 4 is 59.2 Å². The van der Waals surface area contributed by atoms with Gasteiger partial charge in [-0.2, -0.15) is 0 Å². The Morgan fingerprint density at radius 3 is 1.88 bits per heavy atom. The van der Waals surface area contributed by atoms with Gasteiger partial charge in [0.15, 0.2) is 13.6 Å². The van der Waals surface area contributed by atoms with Crippen molar-refractivity contribution in [3.63, 3.8) is 0 Å². The molecule has 6 nitrogen and oxygen atoms in total. The van der Waals surface area contributed by atoms with E-state index in [9.17, 15) is 14.2 Å². The zero-order chi connectivity index (χ0) is 24.3. The third kappa shape index (κ3) is 4.90. The first kappa shape index (κ1) is 25.1. The molecule has 0 heterocycles. The molecule has 33 heavy (non-hydrogen) atoms. The average Bonchev–Trinajstić information content (AvgIpc) is 2.82. The van der Waals surface area contributed by atoms with Crippen molar-refractivity contribution in [2.75, 3.05) is 21.3 Å². The lowest BCUT2D eigenvalue weighted by Crippen LogP contribution is -2.14. The van der Waals surface area contributed by atoms with Crippen molar-refractivity contribution in [3.05, 3.63) is 80.3 Å². The Bertz CT molecular complexity index is 1240. The van der Waals surface area contributed by atoms with Gasteiger partial charge in [-0.1, -0.05) is 65.1 Å². The van der Waals surface area contributed by atoms with Crippen molar-refractivity contribution in [3.8, 4) is 17.2 Å². The van der Waals surface area contributed by atoms with Gasteiger partial charge in [-0.15, -0.1) is 0 Å². The Morgan fingerprint density at radius 2 is 1.36 bits per heavy atom. The van der Waals surface area contributed by atoms with Crippen molar-refractivity contribution in [1.29, 1.82) is 0 Å². The van der Waals surface area contributed by atoms with E-state index in [-0.39, 0.29) is 43.0 Å². The van der Waals surface area contributed by atoms with Crippen LogP contribution < -0.4 is 19.5 Å². The van der Waals surface area contributed by atoms with Crippen LogP contribution in [0, 0.1) is 0 Å². The third-order valence-corrected chi connectivity index (χ3v) is 7.74. The summed E-state index contributed by atoms with van der Waals surface area (Å²) in [5.74, 6) is 0.0660. The molecule has 3 aromatic carbocycles. The number of ether oxygens (including phenoxy) is 3. The predicted molar refractivity (Wildman–Crippen MR) is 130 cm³/mol. The van der Waals surface area contributed by atoms with E-state index in [4.69, 9.17) is 49.0 Å². The second kappa shape index (κ2) is 10.6. The molecule has 0 saturated heterocycles. The van der Waals surface area contributed by atoms with E-state index in [2.05, 4.69) is 0 Å².